The lowest BCUT2D eigenvalue weighted by atomic mass is 10.0. The second-order valence-electron chi connectivity index (χ2n) is 5.50. The van der Waals surface area contributed by atoms with Crippen LogP contribution in [0.15, 0.2) is 16.9 Å². The highest BCUT2D eigenvalue weighted by Crippen LogP contribution is 2.20. The maximum Gasteiger partial charge on any atom is 0.328 e. The summed E-state index contributed by atoms with van der Waals surface area (Å²) >= 11 is 0. The number of carboxylic acids is 1. The Bertz CT molecular complexity index is 614. The van der Waals surface area contributed by atoms with Crippen molar-refractivity contribution in [3.05, 3.63) is 39.3 Å². The lowest BCUT2D eigenvalue weighted by Gasteiger charge is -2.29. The molecule has 0 aliphatic carbocycles. The average Bonchev–Trinajstić information content (AvgIpc) is 2.36. The van der Waals surface area contributed by atoms with Crippen molar-refractivity contribution in [1.82, 2.24) is 9.47 Å². The quantitative estimate of drug-likeness (QED) is 0.850. The molecule has 0 unspecified atom stereocenters. The van der Waals surface area contributed by atoms with E-state index in [9.17, 15) is 9.59 Å². The summed E-state index contributed by atoms with van der Waals surface area (Å²) in [4.78, 5) is 25.3. The summed E-state index contributed by atoms with van der Waals surface area (Å²) in [6.45, 7) is 5.68. The van der Waals surface area contributed by atoms with E-state index in [1.165, 1.54) is 6.08 Å². The minimum atomic E-state index is -1.05. The highest BCUT2D eigenvalue weighted by molar-refractivity contribution is 5.85. The summed E-state index contributed by atoms with van der Waals surface area (Å²) in [5.41, 5.74) is 2.52. The topological polar surface area (TPSA) is 62.5 Å². The highest BCUT2D eigenvalue weighted by Gasteiger charge is 2.20. The molecule has 5 nitrogen and oxygen atoms in total. The second-order valence-corrected chi connectivity index (χ2v) is 5.50. The van der Waals surface area contributed by atoms with Crippen LogP contribution in [0.2, 0.25) is 0 Å². The number of aromatic nitrogens is 1. The van der Waals surface area contributed by atoms with Crippen LogP contribution in [0.3, 0.4) is 0 Å². The molecular weight excluding hydrogens is 256 g/mol. The van der Waals surface area contributed by atoms with Gasteiger partial charge in [0.15, 0.2) is 0 Å². The Morgan fingerprint density at radius 2 is 2.15 bits per heavy atom. The molecule has 2 heterocycles. The molecule has 0 bridgehead atoms. The number of hydrogen-bond donors (Lipinski definition) is 1. The molecule has 108 valence electrons. The van der Waals surface area contributed by atoms with Crippen LogP contribution in [0.4, 0.5) is 0 Å². The van der Waals surface area contributed by atoms with Crippen LogP contribution in [-0.4, -0.2) is 34.1 Å². The third-order valence-corrected chi connectivity index (χ3v) is 3.55. The molecule has 0 saturated heterocycles. The van der Waals surface area contributed by atoms with Gasteiger partial charge in [-0.25, -0.2) is 4.79 Å². The Kier molecular flexibility index (Phi) is 4.09. The van der Waals surface area contributed by atoms with Crippen molar-refractivity contribution in [3.63, 3.8) is 0 Å². The predicted molar refractivity (Wildman–Crippen MR) is 77.8 cm³/mol. The standard InChI is InChI=1S/C15H20N2O3/c1-10(2)17-13-6-7-16(3)9-12(13)8-11(15(17)20)4-5-14(18)19/h4-5,8,10H,6-7,9H2,1-3H3,(H,18,19)/b5-4+. The first-order valence-corrected chi connectivity index (χ1v) is 6.77. The van der Waals surface area contributed by atoms with Gasteiger partial charge in [-0.05, 0) is 38.6 Å². The number of nitrogens with zero attached hydrogens (tertiary/aromatic N) is 2. The van der Waals surface area contributed by atoms with Crippen molar-refractivity contribution in [2.24, 2.45) is 0 Å². The van der Waals surface area contributed by atoms with Crippen molar-refractivity contribution < 1.29 is 9.90 Å². The van der Waals surface area contributed by atoms with E-state index in [0.29, 0.717) is 5.56 Å². The normalized spacial score (nSPS) is 15.8. The Balaban J connectivity index is 2.61. The zero-order valence-corrected chi connectivity index (χ0v) is 12.1. The smallest absolute Gasteiger partial charge is 0.328 e. The summed E-state index contributed by atoms with van der Waals surface area (Å²) in [5, 5.41) is 8.72. The zero-order valence-electron chi connectivity index (χ0n) is 12.1. The highest BCUT2D eigenvalue weighted by atomic mass is 16.4. The molecule has 0 amide bonds. The Morgan fingerprint density at radius 3 is 2.75 bits per heavy atom. The minimum Gasteiger partial charge on any atom is -0.478 e. The molecule has 0 fully saturated rings. The van der Waals surface area contributed by atoms with Crippen LogP contribution < -0.4 is 5.56 Å². The van der Waals surface area contributed by atoms with Crippen molar-refractivity contribution in [2.75, 3.05) is 13.6 Å². The molecule has 20 heavy (non-hydrogen) atoms. The van der Waals surface area contributed by atoms with Crippen LogP contribution in [0.1, 0.15) is 36.7 Å². The Hall–Kier alpha value is -1.88. The third-order valence-electron chi connectivity index (χ3n) is 3.55. The number of carboxylic acid groups (broad SMARTS) is 1. The van der Waals surface area contributed by atoms with Crippen molar-refractivity contribution in [2.45, 2.75) is 32.9 Å². The zero-order chi connectivity index (χ0) is 14.9. The number of carbonyl (C=O) groups is 1. The Labute approximate surface area is 118 Å². The monoisotopic (exact) mass is 276 g/mol. The maximum absolute atomic E-state index is 12.5. The van der Waals surface area contributed by atoms with Crippen molar-refractivity contribution in [3.8, 4) is 0 Å². The van der Waals surface area contributed by atoms with E-state index in [1.807, 2.05) is 27.0 Å². The summed E-state index contributed by atoms with van der Waals surface area (Å²) in [6, 6.07) is 1.89. The molecule has 2 rings (SSSR count). The molecule has 1 aromatic rings. The van der Waals surface area contributed by atoms with Gasteiger partial charge in [-0.3, -0.25) is 4.79 Å². The van der Waals surface area contributed by atoms with Gasteiger partial charge in [0.05, 0.1) is 0 Å². The maximum atomic E-state index is 12.5. The molecule has 1 aliphatic heterocycles. The van der Waals surface area contributed by atoms with Gasteiger partial charge in [0, 0.05) is 42.9 Å². The van der Waals surface area contributed by atoms with Gasteiger partial charge in [0.2, 0.25) is 0 Å². The van der Waals surface area contributed by atoms with Crippen molar-refractivity contribution in [1.29, 1.82) is 0 Å². The van der Waals surface area contributed by atoms with Gasteiger partial charge in [0.25, 0.3) is 5.56 Å². The summed E-state index contributed by atoms with van der Waals surface area (Å²) in [6.07, 6.45) is 3.25. The molecule has 0 spiro atoms. The molecule has 0 saturated carbocycles. The first kappa shape index (κ1) is 14.5. The number of likely N-dealkylation sites (N-methyl/N-ethyl adjacent to an activating group) is 1. The van der Waals surface area contributed by atoms with E-state index in [1.54, 1.807) is 4.57 Å². The first-order chi connectivity index (χ1) is 9.40. The molecule has 1 N–H and O–H groups in total. The van der Waals surface area contributed by atoms with E-state index in [-0.39, 0.29) is 11.6 Å². The second kappa shape index (κ2) is 5.63. The van der Waals surface area contributed by atoms with Gasteiger partial charge in [-0.2, -0.15) is 0 Å². The van der Waals surface area contributed by atoms with Crippen LogP contribution in [0, 0.1) is 0 Å². The van der Waals surface area contributed by atoms with Gasteiger partial charge < -0.3 is 14.6 Å². The molecule has 1 aromatic heterocycles. The fraction of sp³-hybridized carbons (Fsp3) is 0.467. The van der Waals surface area contributed by atoms with Gasteiger partial charge in [-0.1, -0.05) is 0 Å². The third kappa shape index (κ3) is 2.82. The molecule has 1 aliphatic rings. The van der Waals surface area contributed by atoms with E-state index in [4.69, 9.17) is 5.11 Å². The number of rotatable bonds is 3. The average molecular weight is 276 g/mol. The van der Waals surface area contributed by atoms with Crippen LogP contribution in [0.25, 0.3) is 6.08 Å². The minimum absolute atomic E-state index is 0.0674. The van der Waals surface area contributed by atoms with E-state index in [0.717, 1.165) is 36.8 Å². The van der Waals surface area contributed by atoms with Crippen molar-refractivity contribution >= 4 is 12.0 Å². The predicted octanol–water partition coefficient (Wildman–Crippen LogP) is 1.51. The molecular formula is C15H20N2O3. The largest absolute Gasteiger partial charge is 0.478 e. The summed E-state index contributed by atoms with van der Waals surface area (Å²) in [7, 11) is 2.04. The fourth-order valence-electron chi connectivity index (χ4n) is 2.66. The number of aliphatic carboxylic acids is 1. The van der Waals surface area contributed by atoms with E-state index >= 15 is 0 Å². The van der Waals surface area contributed by atoms with Gasteiger partial charge >= 0.3 is 5.97 Å². The van der Waals surface area contributed by atoms with Gasteiger partial charge in [-0.15, -0.1) is 0 Å². The fourth-order valence-corrected chi connectivity index (χ4v) is 2.66. The lowest BCUT2D eigenvalue weighted by Crippen LogP contribution is -2.35. The molecule has 0 atom stereocenters. The molecule has 0 radical (unpaired) electrons. The number of hydrogen-bond acceptors (Lipinski definition) is 3. The lowest BCUT2D eigenvalue weighted by molar-refractivity contribution is -0.131. The summed E-state index contributed by atoms with van der Waals surface area (Å²) in [5.74, 6) is -1.05. The molecule has 5 heteroatoms. The van der Waals surface area contributed by atoms with Crippen LogP contribution in [0.5, 0.6) is 0 Å². The van der Waals surface area contributed by atoms with Crippen LogP contribution >= 0.6 is 0 Å². The number of fused-ring (bicyclic) bond motifs is 1. The summed E-state index contributed by atoms with van der Waals surface area (Å²) < 4.78 is 1.80. The SMILES string of the molecule is CC(C)n1c2c(cc(/C=C/C(=O)O)c1=O)CN(C)CC2. The van der Waals surface area contributed by atoms with Crippen LogP contribution in [-0.2, 0) is 17.8 Å². The van der Waals surface area contributed by atoms with E-state index < -0.39 is 5.97 Å². The van der Waals surface area contributed by atoms with Gasteiger partial charge in [0.1, 0.15) is 0 Å². The Morgan fingerprint density at radius 1 is 1.45 bits per heavy atom. The van der Waals surface area contributed by atoms with E-state index in [2.05, 4.69) is 4.90 Å². The first-order valence-electron chi connectivity index (χ1n) is 6.77. The number of pyridine rings is 1. The molecule has 0 aromatic carbocycles.